The molecule has 0 spiro atoms. The van der Waals surface area contributed by atoms with E-state index in [2.05, 4.69) is 5.32 Å². The van der Waals surface area contributed by atoms with Crippen molar-refractivity contribution in [2.75, 3.05) is 14.2 Å². The first-order chi connectivity index (χ1) is 9.76. The summed E-state index contributed by atoms with van der Waals surface area (Å²) < 4.78 is 33.4. The Bertz CT molecular complexity index is 628. The van der Waals surface area contributed by atoms with Gasteiger partial charge in [0.1, 0.15) is 16.2 Å². The third-order valence-corrected chi connectivity index (χ3v) is 3.97. The molecule has 0 saturated heterocycles. The first-order valence-corrected chi connectivity index (χ1v) is 7.89. The Morgan fingerprint density at radius 2 is 1.95 bits per heavy atom. The normalized spacial score (nSPS) is 12.6. The summed E-state index contributed by atoms with van der Waals surface area (Å²) in [6.07, 6.45) is 0.727. The summed E-state index contributed by atoms with van der Waals surface area (Å²) in [5.74, 6) is -0.402. The molecule has 8 heteroatoms. The minimum Gasteiger partial charge on any atom is -0.496 e. The molecule has 7 nitrogen and oxygen atoms in total. The Morgan fingerprint density at radius 1 is 1.33 bits per heavy atom. The van der Waals surface area contributed by atoms with Gasteiger partial charge >= 0.3 is 0 Å². The number of carbonyl (C=O) groups excluding carboxylic acids is 1. The van der Waals surface area contributed by atoms with Gasteiger partial charge in [-0.05, 0) is 25.5 Å². The fourth-order valence-electron chi connectivity index (χ4n) is 1.76. The van der Waals surface area contributed by atoms with Gasteiger partial charge in [-0.3, -0.25) is 4.79 Å². The van der Waals surface area contributed by atoms with E-state index in [0.29, 0.717) is 0 Å². The number of nitrogens with two attached hydrogens (primary N) is 1. The van der Waals surface area contributed by atoms with Gasteiger partial charge < -0.3 is 14.8 Å². The molecule has 0 heterocycles. The van der Waals surface area contributed by atoms with Crippen molar-refractivity contribution in [1.82, 2.24) is 5.32 Å². The highest BCUT2D eigenvalue weighted by Gasteiger charge is 2.26. The van der Waals surface area contributed by atoms with E-state index >= 15 is 0 Å². The number of nitrogens with one attached hydrogen (secondary N) is 1. The lowest BCUT2D eigenvalue weighted by molar-refractivity contribution is 0.0932. The summed E-state index contributed by atoms with van der Waals surface area (Å²) in [7, 11) is -1.37. The van der Waals surface area contributed by atoms with Crippen molar-refractivity contribution in [2.24, 2.45) is 5.14 Å². The molecule has 1 aromatic rings. The molecule has 3 N–H and O–H groups in total. The summed E-state index contributed by atoms with van der Waals surface area (Å²) in [6.45, 7) is 3.75. The van der Waals surface area contributed by atoms with Crippen LogP contribution in [-0.2, 0) is 10.0 Å². The number of methoxy groups -OCH3 is 2. The van der Waals surface area contributed by atoms with Gasteiger partial charge in [-0.1, -0.05) is 6.92 Å². The van der Waals surface area contributed by atoms with Gasteiger partial charge in [0.2, 0.25) is 10.0 Å². The predicted octanol–water partition coefficient (Wildman–Crippen LogP) is 0.880. The lowest BCUT2D eigenvalue weighted by atomic mass is 10.1. The summed E-state index contributed by atoms with van der Waals surface area (Å²) >= 11 is 0. The van der Waals surface area contributed by atoms with Crippen molar-refractivity contribution in [1.29, 1.82) is 0 Å². The third kappa shape index (κ3) is 3.85. The van der Waals surface area contributed by atoms with Crippen molar-refractivity contribution in [3.63, 3.8) is 0 Å². The Labute approximate surface area is 124 Å². The van der Waals surface area contributed by atoms with E-state index < -0.39 is 15.9 Å². The molecule has 1 atom stereocenters. The van der Waals surface area contributed by atoms with Crippen molar-refractivity contribution < 1.29 is 22.7 Å². The minimum atomic E-state index is -4.02. The van der Waals surface area contributed by atoms with Gasteiger partial charge in [0.15, 0.2) is 5.75 Å². The first kappa shape index (κ1) is 17.3. The number of rotatable bonds is 6. The van der Waals surface area contributed by atoms with E-state index in [1.165, 1.54) is 26.4 Å². The zero-order valence-corrected chi connectivity index (χ0v) is 13.3. The summed E-state index contributed by atoms with van der Waals surface area (Å²) in [4.78, 5) is 12.1. The smallest absolute Gasteiger partial charge is 0.259 e. The summed E-state index contributed by atoms with van der Waals surface area (Å²) in [6, 6.07) is 2.53. The van der Waals surface area contributed by atoms with Crippen molar-refractivity contribution in [3.8, 4) is 11.5 Å². The Morgan fingerprint density at radius 3 is 2.38 bits per heavy atom. The van der Waals surface area contributed by atoms with E-state index in [9.17, 15) is 13.2 Å². The highest BCUT2D eigenvalue weighted by atomic mass is 32.2. The average Bonchev–Trinajstić information content (AvgIpc) is 2.43. The maximum atomic E-state index is 12.3. The van der Waals surface area contributed by atoms with Crippen molar-refractivity contribution >= 4 is 15.9 Å². The minimum absolute atomic E-state index is 0.00632. The molecule has 1 aromatic carbocycles. The van der Waals surface area contributed by atoms with E-state index in [0.717, 1.165) is 6.42 Å². The topological polar surface area (TPSA) is 108 Å². The summed E-state index contributed by atoms with van der Waals surface area (Å²) in [5.41, 5.74) is 0.00632. The van der Waals surface area contributed by atoms with Crippen LogP contribution < -0.4 is 19.9 Å². The lowest BCUT2D eigenvalue weighted by Crippen LogP contribution is -2.32. The zero-order valence-electron chi connectivity index (χ0n) is 12.5. The number of ether oxygens (including phenoxy) is 2. The van der Waals surface area contributed by atoms with Crippen LogP contribution in [0.3, 0.4) is 0 Å². The molecule has 1 amide bonds. The number of primary sulfonamides is 1. The van der Waals surface area contributed by atoms with E-state index in [4.69, 9.17) is 14.6 Å². The molecule has 0 saturated carbocycles. The third-order valence-electron chi connectivity index (χ3n) is 3.03. The van der Waals surface area contributed by atoms with Gasteiger partial charge in [-0.2, -0.15) is 0 Å². The highest BCUT2D eigenvalue weighted by molar-refractivity contribution is 7.89. The molecular formula is C13H20N2O5S. The van der Waals surface area contributed by atoms with Gasteiger partial charge in [0, 0.05) is 6.04 Å². The Kier molecular flexibility index (Phi) is 5.56. The fourth-order valence-corrected chi connectivity index (χ4v) is 2.46. The van der Waals surface area contributed by atoms with E-state index in [1.54, 1.807) is 0 Å². The van der Waals surface area contributed by atoms with Crippen molar-refractivity contribution in [2.45, 2.75) is 31.2 Å². The predicted molar refractivity (Wildman–Crippen MR) is 78.1 cm³/mol. The van der Waals surface area contributed by atoms with Crippen LogP contribution in [0.1, 0.15) is 30.6 Å². The number of hydrogen-bond acceptors (Lipinski definition) is 5. The lowest BCUT2D eigenvalue weighted by Gasteiger charge is -2.17. The number of carbonyl (C=O) groups is 1. The monoisotopic (exact) mass is 316 g/mol. The molecule has 1 rings (SSSR count). The maximum absolute atomic E-state index is 12.3. The number of amides is 1. The molecule has 0 aromatic heterocycles. The number of benzene rings is 1. The van der Waals surface area contributed by atoms with Gasteiger partial charge in [-0.25, -0.2) is 13.6 Å². The van der Waals surface area contributed by atoms with E-state index in [-0.39, 0.29) is 28.0 Å². The SMILES string of the molecule is CCC(C)NC(=O)c1c(OC)ccc(S(N)(=O)=O)c1OC. The number of sulfonamides is 1. The first-order valence-electron chi connectivity index (χ1n) is 6.34. The Balaban J connectivity index is 3.49. The second kappa shape index (κ2) is 6.77. The second-order valence-electron chi connectivity index (χ2n) is 4.50. The van der Waals surface area contributed by atoms with Gasteiger partial charge in [-0.15, -0.1) is 0 Å². The molecule has 0 bridgehead atoms. The summed E-state index contributed by atoms with van der Waals surface area (Å²) in [5, 5.41) is 7.88. The zero-order chi connectivity index (χ0) is 16.2. The van der Waals surface area contributed by atoms with Crippen LogP contribution in [0.4, 0.5) is 0 Å². The molecule has 0 aliphatic heterocycles. The van der Waals surface area contributed by atoms with Crippen molar-refractivity contribution in [3.05, 3.63) is 17.7 Å². The molecule has 0 fully saturated rings. The maximum Gasteiger partial charge on any atom is 0.259 e. The van der Waals surface area contributed by atoms with Crippen LogP contribution in [0, 0.1) is 0 Å². The molecule has 0 aliphatic rings. The highest BCUT2D eigenvalue weighted by Crippen LogP contribution is 2.34. The molecular weight excluding hydrogens is 296 g/mol. The average molecular weight is 316 g/mol. The van der Waals surface area contributed by atoms with Crippen LogP contribution in [0.25, 0.3) is 0 Å². The molecule has 21 heavy (non-hydrogen) atoms. The van der Waals surface area contributed by atoms with Gasteiger partial charge in [0.05, 0.1) is 14.2 Å². The van der Waals surface area contributed by atoms with Crippen LogP contribution in [0.5, 0.6) is 11.5 Å². The molecule has 0 radical (unpaired) electrons. The standard InChI is InChI=1S/C13H20N2O5S/c1-5-8(2)15-13(16)11-9(19-3)6-7-10(12(11)20-4)21(14,17)18/h6-8H,5H2,1-4H3,(H,15,16)(H2,14,17,18). The van der Waals surface area contributed by atoms with Crippen LogP contribution in [-0.4, -0.2) is 34.6 Å². The van der Waals surface area contributed by atoms with Crippen LogP contribution in [0.15, 0.2) is 17.0 Å². The fraction of sp³-hybridized carbons (Fsp3) is 0.462. The van der Waals surface area contributed by atoms with E-state index in [1.807, 2.05) is 13.8 Å². The molecule has 0 aliphatic carbocycles. The quantitative estimate of drug-likeness (QED) is 0.810. The molecule has 118 valence electrons. The Hall–Kier alpha value is -1.80. The van der Waals surface area contributed by atoms with Gasteiger partial charge in [0.25, 0.3) is 5.91 Å². The second-order valence-corrected chi connectivity index (χ2v) is 6.03. The van der Waals surface area contributed by atoms with Crippen LogP contribution in [0.2, 0.25) is 0 Å². The number of hydrogen-bond donors (Lipinski definition) is 2. The largest absolute Gasteiger partial charge is 0.496 e. The van der Waals surface area contributed by atoms with Crippen LogP contribution >= 0.6 is 0 Å². The molecule has 1 unspecified atom stereocenters.